The minimum Gasteiger partial charge on any atom is -0.495 e. The molecule has 0 atom stereocenters. The molecule has 0 saturated carbocycles. The van der Waals surface area contributed by atoms with E-state index in [1.165, 1.54) is 29.6 Å². The van der Waals surface area contributed by atoms with Gasteiger partial charge in [-0.05, 0) is 24.3 Å². The molecule has 178 valence electrons. The Bertz CT molecular complexity index is 1300. The molecule has 3 rings (SSSR count). The molecule has 1 saturated heterocycles. The molecule has 0 aromatic heterocycles. The Labute approximate surface area is 190 Å². The fraction of sp³-hybridized carbons (Fsp3) is 0.316. The number of nitrogens with zero attached hydrogens (tertiary/aromatic N) is 2. The summed E-state index contributed by atoms with van der Waals surface area (Å²) in [5, 5.41) is 13.6. The molecule has 1 amide bonds. The summed E-state index contributed by atoms with van der Waals surface area (Å²) in [4.78, 5) is 22.7. The summed E-state index contributed by atoms with van der Waals surface area (Å²) in [5.74, 6) is -0.749. The van der Waals surface area contributed by atoms with Gasteiger partial charge in [0.05, 0.1) is 40.7 Å². The van der Waals surface area contributed by atoms with E-state index in [4.69, 9.17) is 9.47 Å². The van der Waals surface area contributed by atoms with E-state index < -0.39 is 41.3 Å². The van der Waals surface area contributed by atoms with Gasteiger partial charge in [-0.3, -0.25) is 14.9 Å². The average molecular weight is 500 g/mol. The topological polar surface area (TPSA) is 162 Å². The lowest BCUT2D eigenvalue weighted by Crippen LogP contribution is -2.40. The third kappa shape index (κ3) is 5.47. The number of non-ortho nitro benzene ring substituents is 1. The number of hydrogen-bond donors (Lipinski definition) is 1. The highest BCUT2D eigenvalue weighted by Gasteiger charge is 2.27. The molecule has 2 aromatic rings. The molecule has 0 aliphatic carbocycles. The smallest absolute Gasteiger partial charge is 0.271 e. The molecule has 1 aliphatic rings. The zero-order valence-corrected chi connectivity index (χ0v) is 19.3. The largest absolute Gasteiger partial charge is 0.495 e. The fourth-order valence-electron chi connectivity index (χ4n) is 3.11. The maximum absolute atomic E-state index is 12.9. The lowest BCUT2D eigenvalue weighted by Gasteiger charge is -2.26. The number of nitro benzene ring substituents is 1. The van der Waals surface area contributed by atoms with E-state index in [0.29, 0.717) is 0 Å². The third-order valence-electron chi connectivity index (χ3n) is 4.82. The van der Waals surface area contributed by atoms with Gasteiger partial charge in [-0.2, -0.15) is 4.31 Å². The molecule has 1 aliphatic heterocycles. The van der Waals surface area contributed by atoms with E-state index in [-0.39, 0.29) is 48.2 Å². The average Bonchev–Trinajstić information content (AvgIpc) is 2.78. The van der Waals surface area contributed by atoms with Crippen LogP contribution in [0.25, 0.3) is 0 Å². The van der Waals surface area contributed by atoms with E-state index in [9.17, 15) is 31.7 Å². The molecule has 0 spiro atoms. The summed E-state index contributed by atoms with van der Waals surface area (Å²) in [7, 11) is -6.40. The maximum atomic E-state index is 12.9. The Morgan fingerprint density at radius 3 is 2.33 bits per heavy atom. The number of benzene rings is 2. The standard InChI is InChI=1S/C19H21N3O9S2/c1-30-18-4-3-15(33(28,29)21-5-7-31-8-6-21)12-17(18)20-19(23)13-9-14(22(24)25)11-16(10-13)32(2,26)27/h3-4,9-12H,5-8H2,1-2H3,(H,20,23). The van der Waals surface area contributed by atoms with Crippen LogP contribution in [-0.2, 0) is 24.6 Å². The van der Waals surface area contributed by atoms with Crippen LogP contribution in [0.4, 0.5) is 11.4 Å². The van der Waals surface area contributed by atoms with Crippen LogP contribution in [-0.4, -0.2) is 71.6 Å². The van der Waals surface area contributed by atoms with Gasteiger partial charge >= 0.3 is 0 Å². The monoisotopic (exact) mass is 499 g/mol. The van der Waals surface area contributed by atoms with Crippen LogP contribution in [0.1, 0.15) is 10.4 Å². The Hall–Kier alpha value is -3.07. The van der Waals surface area contributed by atoms with E-state index in [0.717, 1.165) is 24.5 Å². The number of carbonyl (C=O) groups excluding carboxylic acids is 1. The first kappa shape index (κ1) is 24.6. The summed E-state index contributed by atoms with van der Waals surface area (Å²) >= 11 is 0. The minimum absolute atomic E-state index is 0.00996. The Balaban J connectivity index is 1.99. The van der Waals surface area contributed by atoms with Crippen LogP contribution >= 0.6 is 0 Å². The molecule has 33 heavy (non-hydrogen) atoms. The van der Waals surface area contributed by atoms with Crippen LogP contribution in [0.15, 0.2) is 46.2 Å². The van der Waals surface area contributed by atoms with Gasteiger partial charge in [0.25, 0.3) is 11.6 Å². The highest BCUT2D eigenvalue weighted by atomic mass is 32.2. The van der Waals surface area contributed by atoms with Crippen molar-refractivity contribution in [1.29, 1.82) is 0 Å². The predicted octanol–water partition coefficient (Wildman–Crippen LogP) is 1.28. The lowest BCUT2D eigenvalue weighted by molar-refractivity contribution is -0.385. The molecule has 12 nitrogen and oxygen atoms in total. The van der Waals surface area contributed by atoms with Crippen LogP contribution in [0.2, 0.25) is 0 Å². The fourth-order valence-corrected chi connectivity index (χ4v) is 5.22. The van der Waals surface area contributed by atoms with Crippen LogP contribution in [0.5, 0.6) is 5.75 Å². The second-order valence-corrected chi connectivity index (χ2v) is 11.0. The van der Waals surface area contributed by atoms with Gasteiger partial charge in [0.15, 0.2) is 9.84 Å². The van der Waals surface area contributed by atoms with E-state index in [2.05, 4.69) is 5.32 Å². The molecule has 0 unspecified atom stereocenters. The van der Waals surface area contributed by atoms with Crippen molar-refractivity contribution in [3.05, 3.63) is 52.1 Å². The van der Waals surface area contributed by atoms with Crippen molar-refractivity contribution in [3.8, 4) is 5.75 Å². The van der Waals surface area contributed by atoms with Crippen molar-refractivity contribution < 1.29 is 36.0 Å². The van der Waals surface area contributed by atoms with Gasteiger partial charge in [0, 0.05) is 37.0 Å². The highest BCUT2D eigenvalue weighted by molar-refractivity contribution is 7.90. The first-order chi connectivity index (χ1) is 15.4. The van der Waals surface area contributed by atoms with Gasteiger partial charge in [-0.1, -0.05) is 0 Å². The third-order valence-corrected chi connectivity index (χ3v) is 7.81. The maximum Gasteiger partial charge on any atom is 0.271 e. The van der Waals surface area contributed by atoms with Crippen molar-refractivity contribution in [2.45, 2.75) is 9.79 Å². The molecular formula is C19H21N3O9S2. The number of methoxy groups -OCH3 is 1. The molecule has 14 heteroatoms. The van der Waals surface area contributed by atoms with Gasteiger partial charge in [-0.15, -0.1) is 0 Å². The summed E-state index contributed by atoms with van der Waals surface area (Å²) in [6.45, 7) is 0.874. The zero-order valence-electron chi connectivity index (χ0n) is 17.7. The number of carbonyl (C=O) groups is 1. The van der Waals surface area contributed by atoms with Crippen molar-refractivity contribution >= 4 is 37.1 Å². The Morgan fingerprint density at radius 1 is 1.09 bits per heavy atom. The van der Waals surface area contributed by atoms with E-state index in [1.54, 1.807) is 0 Å². The first-order valence-corrected chi connectivity index (χ1v) is 12.8. The summed E-state index contributed by atoms with van der Waals surface area (Å²) in [6.07, 6.45) is 0.858. The Kier molecular flexibility index (Phi) is 7.02. The molecule has 1 fully saturated rings. The van der Waals surface area contributed by atoms with Crippen molar-refractivity contribution in [2.24, 2.45) is 0 Å². The first-order valence-electron chi connectivity index (χ1n) is 9.50. The van der Waals surface area contributed by atoms with Gasteiger partial charge < -0.3 is 14.8 Å². The SMILES string of the molecule is COc1ccc(S(=O)(=O)N2CCOCC2)cc1NC(=O)c1cc([N+](=O)[O-])cc(S(C)(=O)=O)c1. The lowest BCUT2D eigenvalue weighted by atomic mass is 10.2. The number of amides is 1. The second-order valence-electron chi connectivity index (χ2n) is 7.08. The summed E-state index contributed by atoms with van der Waals surface area (Å²) in [5.41, 5.74) is -0.893. The Morgan fingerprint density at radius 2 is 1.76 bits per heavy atom. The molecule has 1 N–H and O–H groups in total. The van der Waals surface area contributed by atoms with E-state index >= 15 is 0 Å². The van der Waals surface area contributed by atoms with Crippen molar-refractivity contribution in [1.82, 2.24) is 4.31 Å². The number of morpholine rings is 1. The van der Waals surface area contributed by atoms with Crippen LogP contribution in [0, 0.1) is 10.1 Å². The number of ether oxygens (including phenoxy) is 2. The summed E-state index contributed by atoms with van der Waals surface area (Å²) < 4.78 is 61.3. The highest BCUT2D eigenvalue weighted by Crippen LogP contribution is 2.30. The van der Waals surface area contributed by atoms with Crippen molar-refractivity contribution in [3.63, 3.8) is 0 Å². The van der Waals surface area contributed by atoms with Gasteiger partial charge in [0.2, 0.25) is 10.0 Å². The predicted molar refractivity (Wildman–Crippen MR) is 117 cm³/mol. The number of anilines is 1. The zero-order chi connectivity index (χ0) is 24.4. The molecular weight excluding hydrogens is 478 g/mol. The minimum atomic E-state index is -3.88. The quantitative estimate of drug-likeness (QED) is 0.437. The van der Waals surface area contributed by atoms with Crippen LogP contribution in [0.3, 0.4) is 0 Å². The molecule has 0 radical (unpaired) electrons. The summed E-state index contributed by atoms with van der Waals surface area (Å²) in [6, 6.07) is 6.66. The number of nitro groups is 1. The second kappa shape index (κ2) is 9.43. The number of sulfone groups is 1. The molecule has 2 aromatic carbocycles. The van der Waals surface area contributed by atoms with Gasteiger partial charge in [0.1, 0.15) is 5.75 Å². The number of hydrogen-bond acceptors (Lipinski definition) is 9. The van der Waals surface area contributed by atoms with Crippen LogP contribution < -0.4 is 10.1 Å². The van der Waals surface area contributed by atoms with Gasteiger partial charge in [-0.25, -0.2) is 16.8 Å². The molecule has 0 bridgehead atoms. The van der Waals surface area contributed by atoms with Crippen molar-refractivity contribution in [2.75, 3.05) is 45.0 Å². The number of sulfonamides is 1. The number of rotatable bonds is 7. The number of nitrogens with one attached hydrogen (secondary N) is 1. The molecule has 1 heterocycles. The normalized spacial score (nSPS) is 15.1. The van der Waals surface area contributed by atoms with E-state index in [1.807, 2.05) is 0 Å².